The maximum atomic E-state index is 14.8. The molecule has 0 unspecified atom stereocenters. The average molecular weight is 447 g/mol. The minimum atomic E-state index is -0.408. The summed E-state index contributed by atoms with van der Waals surface area (Å²) < 4.78 is 20.3. The zero-order chi connectivity index (χ0) is 22.8. The number of halogens is 1. The Hall–Kier alpha value is -3.32. The number of rotatable bonds is 6. The van der Waals surface area contributed by atoms with Crippen molar-refractivity contribution in [2.45, 2.75) is 32.4 Å². The number of morpholine rings is 1. The van der Waals surface area contributed by atoms with Crippen LogP contribution in [0.5, 0.6) is 0 Å². The molecule has 1 amide bonds. The number of amides is 1. The predicted molar refractivity (Wildman–Crippen MR) is 125 cm³/mol. The fraction of sp³-hybridized carbons (Fsp3) is 0.346. The van der Waals surface area contributed by atoms with Crippen molar-refractivity contribution in [3.05, 3.63) is 77.2 Å². The molecule has 7 heteroatoms. The van der Waals surface area contributed by atoms with Gasteiger partial charge in [-0.3, -0.25) is 4.79 Å². The summed E-state index contributed by atoms with van der Waals surface area (Å²) in [6.45, 7) is 5.04. The third-order valence-electron chi connectivity index (χ3n) is 6.11. The topological polar surface area (TPSA) is 58.6 Å². The molecule has 2 aromatic carbocycles. The number of aromatic nitrogens is 2. The van der Waals surface area contributed by atoms with Crippen LogP contribution < -0.4 is 4.90 Å². The van der Waals surface area contributed by atoms with E-state index in [1.165, 1.54) is 6.07 Å². The zero-order valence-corrected chi connectivity index (χ0v) is 18.7. The first kappa shape index (κ1) is 21.5. The minimum Gasteiger partial charge on any atom is -0.378 e. The van der Waals surface area contributed by atoms with Crippen molar-refractivity contribution >= 4 is 11.9 Å². The van der Waals surface area contributed by atoms with Crippen LogP contribution in [0.4, 0.5) is 10.3 Å². The molecule has 0 atom stereocenters. The molecule has 2 aliphatic rings. The van der Waals surface area contributed by atoms with Crippen molar-refractivity contribution in [1.29, 1.82) is 0 Å². The first-order valence-corrected chi connectivity index (χ1v) is 11.4. The quantitative estimate of drug-likeness (QED) is 0.567. The average Bonchev–Trinajstić information content (AvgIpc) is 3.68. The highest BCUT2D eigenvalue weighted by atomic mass is 19.1. The molecule has 3 aromatic rings. The lowest BCUT2D eigenvalue weighted by Gasteiger charge is -2.28. The Balaban J connectivity index is 1.54. The zero-order valence-electron chi connectivity index (χ0n) is 18.7. The minimum absolute atomic E-state index is 0.161. The maximum absolute atomic E-state index is 14.8. The number of aryl methyl sites for hydroxylation is 1. The predicted octanol–water partition coefficient (Wildman–Crippen LogP) is 4.23. The Morgan fingerprint density at radius 2 is 1.94 bits per heavy atom. The summed E-state index contributed by atoms with van der Waals surface area (Å²) in [5, 5.41) is 0. The van der Waals surface area contributed by atoms with E-state index in [4.69, 9.17) is 9.72 Å². The van der Waals surface area contributed by atoms with Crippen molar-refractivity contribution in [2.75, 3.05) is 31.2 Å². The molecule has 2 fully saturated rings. The molecule has 1 saturated heterocycles. The molecule has 0 N–H and O–H groups in total. The van der Waals surface area contributed by atoms with Crippen molar-refractivity contribution < 1.29 is 13.9 Å². The summed E-state index contributed by atoms with van der Waals surface area (Å²) in [5.41, 5.74) is 3.21. The SMILES string of the molecule is Cc1cccc(CN(C(=O)c2cnc(N3CCOCC3)nc2-c2ccccc2F)C2CC2)c1. The van der Waals surface area contributed by atoms with Gasteiger partial charge in [0.1, 0.15) is 5.82 Å². The number of anilines is 1. The Morgan fingerprint density at radius 1 is 1.15 bits per heavy atom. The monoisotopic (exact) mass is 446 g/mol. The van der Waals surface area contributed by atoms with Crippen LogP contribution in [0.3, 0.4) is 0 Å². The van der Waals surface area contributed by atoms with E-state index in [0.717, 1.165) is 24.0 Å². The summed E-state index contributed by atoms with van der Waals surface area (Å²) in [4.78, 5) is 26.9. The number of carbonyl (C=O) groups excluding carboxylic acids is 1. The van der Waals surface area contributed by atoms with Gasteiger partial charge in [0.05, 0.1) is 24.5 Å². The standard InChI is InChI=1S/C26H27FN4O2/c1-18-5-4-6-19(15-18)17-31(20-9-10-20)25(32)22-16-28-26(30-11-13-33-14-12-30)29-24(22)21-7-2-3-8-23(21)27/h2-8,15-16,20H,9-14,17H2,1H3. The first-order chi connectivity index (χ1) is 16.1. The normalized spacial score (nSPS) is 16.0. The molecule has 0 radical (unpaired) electrons. The Morgan fingerprint density at radius 3 is 2.67 bits per heavy atom. The van der Waals surface area contributed by atoms with Crippen LogP contribution in [0.2, 0.25) is 0 Å². The van der Waals surface area contributed by atoms with E-state index in [-0.39, 0.29) is 11.9 Å². The van der Waals surface area contributed by atoms with Gasteiger partial charge in [0.2, 0.25) is 5.95 Å². The van der Waals surface area contributed by atoms with Crippen LogP contribution in [-0.4, -0.2) is 53.1 Å². The van der Waals surface area contributed by atoms with Crippen molar-refractivity contribution in [2.24, 2.45) is 0 Å². The van der Waals surface area contributed by atoms with Crippen molar-refractivity contribution in [1.82, 2.24) is 14.9 Å². The molecule has 5 rings (SSSR count). The van der Waals surface area contributed by atoms with Gasteiger partial charge in [-0.25, -0.2) is 14.4 Å². The van der Waals surface area contributed by atoms with Gasteiger partial charge in [0.25, 0.3) is 5.91 Å². The fourth-order valence-corrected chi connectivity index (χ4v) is 4.22. The summed E-state index contributed by atoms with van der Waals surface area (Å²) in [5.74, 6) is -0.0784. The molecular formula is C26H27FN4O2. The molecular weight excluding hydrogens is 419 g/mol. The fourth-order valence-electron chi connectivity index (χ4n) is 4.22. The van der Waals surface area contributed by atoms with Crippen LogP contribution in [0.25, 0.3) is 11.3 Å². The highest BCUT2D eigenvalue weighted by Crippen LogP contribution is 2.33. The van der Waals surface area contributed by atoms with Gasteiger partial charge >= 0.3 is 0 Å². The third kappa shape index (κ3) is 4.73. The number of hydrogen-bond donors (Lipinski definition) is 0. The lowest BCUT2D eigenvalue weighted by Crippen LogP contribution is -2.38. The van der Waals surface area contributed by atoms with Gasteiger partial charge in [0.15, 0.2) is 0 Å². The maximum Gasteiger partial charge on any atom is 0.258 e. The molecule has 0 bridgehead atoms. The second-order valence-electron chi connectivity index (χ2n) is 8.66. The molecule has 2 heterocycles. The molecule has 1 saturated carbocycles. The van der Waals surface area contributed by atoms with E-state index < -0.39 is 5.82 Å². The highest BCUT2D eigenvalue weighted by Gasteiger charge is 2.35. The van der Waals surface area contributed by atoms with E-state index in [1.54, 1.807) is 24.4 Å². The lowest BCUT2D eigenvalue weighted by atomic mass is 10.0. The second-order valence-corrected chi connectivity index (χ2v) is 8.66. The number of nitrogens with zero attached hydrogens (tertiary/aromatic N) is 4. The Kier molecular flexibility index (Phi) is 6.05. The molecule has 6 nitrogen and oxygen atoms in total. The lowest BCUT2D eigenvalue weighted by molar-refractivity contribution is 0.0729. The number of hydrogen-bond acceptors (Lipinski definition) is 5. The van der Waals surface area contributed by atoms with Crippen LogP contribution >= 0.6 is 0 Å². The summed E-state index contributed by atoms with van der Waals surface area (Å²) in [6.07, 6.45) is 3.51. The second kappa shape index (κ2) is 9.27. The van der Waals surface area contributed by atoms with Gasteiger partial charge in [-0.1, -0.05) is 42.0 Å². The third-order valence-corrected chi connectivity index (χ3v) is 6.11. The molecule has 1 aliphatic heterocycles. The van der Waals surface area contributed by atoms with E-state index >= 15 is 0 Å². The summed E-state index contributed by atoms with van der Waals surface area (Å²) in [6, 6.07) is 14.8. The van der Waals surface area contributed by atoms with Gasteiger partial charge in [-0.05, 0) is 37.5 Å². The van der Waals surface area contributed by atoms with E-state index in [0.29, 0.717) is 55.6 Å². The van der Waals surface area contributed by atoms with Crippen LogP contribution in [0.15, 0.2) is 54.7 Å². The van der Waals surface area contributed by atoms with Crippen LogP contribution in [0, 0.1) is 12.7 Å². The molecule has 170 valence electrons. The van der Waals surface area contributed by atoms with E-state index in [2.05, 4.69) is 11.1 Å². The molecule has 1 aliphatic carbocycles. The van der Waals surface area contributed by atoms with Crippen LogP contribution in [0.1, 0.15) is 34.3 Å². The van der Waals surface area contributed by atoms with Gasteiger partial charge in [0, 0.05) is 37.4 Å². The summed E-state index contributed by atoms with van der Waals surface area (Å²) in [7, 11) is 0. The Bertz CT molecular complexity index is 1160. The van der Waals surface area contributed by atoms with E-state index in [1.807, 2.05) is 34.9 Å². The number of carbonyl (C=O) groups is 1. The van der Waals surface area contributed by atoms with Crippen molar-refractivity contribution in [3.63, 3.8) is 0 Å². The summed E-state index contributed by atoms with van der Waals surface area (Å²) >= 11 is 0. The Labute approximate surface area is 193 Å². The largest absolute Gasteiger partial charge is 0.378 e. The van der Waals surface area contributed by atoms with Gasteiger partial charge in [-0.15, -0.1) is 0 Å². The van der Waals surface area contributed by atoms with Crippen molar-refractivity contribution in [3.8, 4) is 11.3 Å². The smallest absolute Gasteiger partial charge is 0.258 e. The molecule has 1 aromatic heterocycles. The number of ether oxygens (including phenoxy) is 1. The van der Waals surface area contributed by atoms with Crippen LogP contribution in [-0.2, 0) is 11.3 Å². The first-order valence-electron chi connectivity index (χ1n) is 11.4. The number of benzene rings is 2. The van der Waals surface area contributed by atoms with Gasteiger partial charge in [-0.2, -0.15) is 0 Å². The highest BCUT2D eigenvalue weighted by molar-refractivity contribution is 6.00. The van der Waals surface area contributed by atoms with Gasteiger partial charge < -0.3 is 14.5 Å². The molecule has 33 heavy (non-hydrogen) atoms. The van der Waals surface area contributed by atoms with E-state index in [9.17, 15) is 9.18 Å². The molecule has 0 spiro atoms.